The van der Waals surface area contributed by atoms with Crippen LogP contribution in [0.15, 0.2) is 54.4 Å². The summed E-state index contributed by atoms with van der Waals surface area (Å²) in [6, 6.07) is 12.4. The first-order valence-corrected chi connectivity index (χ1v) is 11.3. The zero-order chi connectivity index (χ0) is 21.8. The second-order valence-corrected chi connectivity index (χ2v) is 9.25. The Labute approximate surface area is 186 Å². The molecule has 8 heteroatoms. The van der Waals surface area contributed by atoms with E-state index in [1.54, 1.807) is 30.3 Å². The molecule has 3 aromatic rings. The molecule has 0 aliphatic carbocycles. The number of carbonyl (C=O) groups is 2. The van der Waals surface area contributed by atoms with Gasteiger partial charge in [-0.05, 0) is 41.8 Å². The van der Waals surface area contributed by atoms with Crippen LogP contribution in [0, 0.1) is 5.41 Å². The SMILES string of the molecule is CN(C)C(=O)C1(Cc2ccccc2-c2cccs2)CCCN(C(=O)Cn2cncn2)C1. The van der Waals surface area contributed by atoms with E-state index >= 15 is 0 Å². The van der Waals surface area contributed by atoms with Crippen molar-refractivity contribution in [3.8, 4) is 10.4 Å². The number of hydrogen-bond donors (Lipinski definition) is 0. The van der Waals surface area contributed by atoms with Crippen molar-refractivity contribution in [2.24, 2.45) is 5.41 Å². The van der Waals surface area contributed by atoms with Gasteiger partial charge in [0.2, 0.25) is 11.8 Å². The summed E-state index contributed by atoms with van der Waals surface area (Å²) in [5.41, 5.74) is 1.66. The van der Waals surface area contributed by atoms with Crippen LogP contribution in [0.4, 0.5) is 0 Å². The van der Waals surface area contributed by atoms with E-state index in [0.717, 1.165) is 24.0 Å². The molecule has 0 N–H and O–H groups in total. The summed E-state index contributed by atoms with van der Waals surface area (Å²) in [7, 11) is 3.59. The molecule has 162 valence electrons. The first-order chi connectivity index (χ1) is 15.0. The molecule has 0 saturated carbocycles. The Morgan fingerprint density at radius 3 is 2.74 bits per heavy atom. The molecule has 1 aliphatic rings. The number of piperidine rings is 1. The molecular formula is C23H27N5O2S. The van der Waals surface area contributed by atoms with Crippen LogP contribution in [-0.4, -0.2) is 63.6 Å². The van der Waals surface area contributed by atoms with E-state index in [1.165, 1.54) is 22.2 Å². The lowest BCUT2D eigenvalue weighted by molar-refractivity contribution is -0.147. The number of amides is 2. The van der Waals surface area contributed by atoms with Crippen LogP contribution in [-0.2, 0) is 22.6 Å². The van der Waals surface area contributed by atoms with Gasteiger partial charge in [0.05, 0.1) is 5.41 Å². The third-order valence-corrected chi connectivity index (χ3v) is 6.79. The zero-order valence-electron chi connectivity index (χ0n) is 17.9. The Bertz CT molecular complexity index is 1030. The fourth-order valence-electron chi connectivity index (χ4n) is 4.48. The minimum absolute atomic E-state index is 0.0346. The summed E-state index contributed by atoms with van der Waals surface area (Å²) in [4.78, 5) is 35.0. The fourth-order valence-corrected chi connectivity index (χ4v) is 5.26. The van der Waals surface area contributed by atoms with Crippen molar-refractivity contribution in [1.82, 2.24) is 24.6 Å². The Morgan fingerprint density at radius 1 is 1.19 bits per heavy atom. The summed E-state index contributed by atoms with van der Waals surface area (Å²) in [6.45, 7) is 1.21. The van der Waals surface area contributed by atoms with Crippen molar-refractivity contribution in [3.63, 3.8) is 0 Å². The third-order valence-electron chi connectivity index (χ3n) is 5.89. The summed E-state index contributed by atoms with van der Waals surface area (Å²) in [5.74, 6) is 0.0411. The number of carbonyl (C=O) groups excluding carboxylic acids is 2. The van der Waals surface area contributed by atoms with Gasteiger partial charge in [0, 0.05) is 32.1 Å². The molecule has 0 radical (unpaired) electrons. The van der Waals surface area contributed by atoms with E-state index in [2.05, 4.69) is 33.7 Å². The summed E-state index contributed by atoms with van der Waals surface area (Å²) in [5, 5.41) is 6.11. The molecule has 2 aromatic heterocycles. The summed E-state index contributed by atoms with van der Waals surface area (Å²) in [6.07, 6.45) is 5.12. The van der Waals surface area contributed by atoms with E-state index in [0.29, 0.717) is 19.5 Å². The van der Waals surface area contributed by atoms with Crippen LogP contribution >= 0.6 is 11.3 Å². The van der Waals surface area contributed by atoms with Crippen molar-refractivity contribution in [2.45, 2.75) is 25.8 Å². The lowest BCUT2D eigenvalue weighted by atomic mass is 9.73. The quantitative estimate of drug-likeness (QED) is 0.594. The Balaban J connectivity index is 1.64. The van der Waals surface area contributed by atoms with Gasteiger partial charge in [-0.15, -0.1) is 11.3 Å². The van der Waals surface area contributed by atoms with Crippen LogP contribution in [0.5, 0.6) is 0 Å². The molecule has 1 aromatic carbocycles. The molecule has 0 bridgehead atoms. The number of aromatic nitrogens is 3. The maximum atomic E-state index is 13.5. The monoisotopic (exact) mass is 437 g/mol. The normalized spacial score (nSPS) is 18.7. The Hall–Kier alpha value is -3.00. The molecule has 1 unspecified atom stereocenters. The number of likely N-dealkylation sites (tertiary alicyclic amines) is 1. The molecule has 4 rings (SSSR count). The van der Waals surface area contributed by atoms with Crippen LogP contribution in [0.2, 0.25) is 0 Å². The van der Waals surface area contributed by atoms with Gasteiger partial charge in [0.1, 0.15) is 19.2 Å². The van der Waals surface area contributed by atoms with Gasteiger partial charge in [-0.3, -0.25) is 9.59 Å². The topological polar surface area (TPSA) is 71.3 Å². The molecule has 7 nitrogen and oxygen atoms in total. The average molecular weight is 438 g/mol. The van der Waals surface area contributed by atoms with E-state index in [-0.39, 0.29) is 18.4 Å². The van der Waals surface area contributed by atoms with Crippen LogP contribution in [0.3, 0.4) is 0 Å². The van der Waals surface area contributed by atoms with Crippen LogP contribution < -0.4 is 0 Å². The lowest BCUT2D eigenvalue weighted by Gasteiger charge is -2.43. The van der Waals surface area contributed by atoms with Gasteiger partial charge in [0.15, 0.2) is 0 Å². The predicted octanol–water partition coefficient (Wildman–Crippen LogP) is 2.95. The highest BCUT2D eigenvalue weighted by Gasteiger charge is 2.44. The minimum Gasteiger partial charge on any atom is -0.348 e. The van der Waals surface area contributed by atoms with Crippen molar-refractivity contribution >= 4 is 23.2 Å². The highest BCUT2D eigenvalue weighted by molar-refractivity contribution is 7.13. The highest BCUT2D eigenvalue weighted by Crippen LogP contribution is 2.39. The van der Waals surface area contributed by atoms with Gasteiger partial charge < -0.3 is 9.80 Å². The van der Waals surface area contributed by atoms with Crippen molar-refractivity contribution < 1.29 is 9.59 Å². The van der Waals surface area contributed by atoms with Crippen LogP contribution in [0.1, 0.15) is 18.4 Å². The molecule has 1 aliphatic heterocycles. The molecule has 31 heavy (non-hydrogen) atoms. The second kappa shape index (κ2) is 9.01. The largest absolute Gasteiger partial charge is 0.348 e. The van der Waals surface area contributed by atoms with E-state index in [4.69, 9.17) is 0 Å². The molecule has 2 amide bonds. The first-order valence-electron chi connectivity index (χ1n) is 10.4. The fraction of sp³-hybridized carbons (Fsp3) is 0.391. The third kappa shape index (κ3) is 4.54. The van der Waals surface area contributed by atoms with Gasteiger partial charge in [-0.25, -0.2) is 9.67 Å². The van der Waals surface area contributed by atoms with E-state index in [9.17, 15) is 9.59 Å². The average Bonchev–Trinajstić information content (AvgIpc) is 3.48. The number of hydrogen-bond acceptors (Lipinski definition) is 5. The van der Waals surface area contributed by atoms with Crippen molar-refractivity contribution in [3.05, 3.63) is 60.0 Å². The molecule has 1 saturated heterocycles. The number of nitrogens with zero attached hydrogens (tertiary/aromatic N) is 5. The number of rotatable bonds is 6. The van der Waals surface area contributed by atoms with Gasteiger partial charge in [-0.2, -0.15) is 5.10 Å². The maximum Gasteiger partial charge on any atom is 0.244 e. The number of thiophene rings is 1. The minimum atomic E-state index is -0.646. The predicted molar refractivity (Wildman–Crippen MR) is 120 cm³/mol. The number of benzene rings is 1. The van der Waals surface area contributed by atoms with Crippen LogP contribution in [0.25, 0.3) is 10.4 Å². The molecule has 1 fully saturated rings. The standard InChI is InChI=1S/C23H27N5O2S/c1-26(2)22(30)23(13-18-7-3-4-8-19(18)20-9-5-12-31-20)10-6-11-27(15-23)21(29)14-28-17-24-16-25-28/h3-5,7-9,12,16-17H,6,10-11,13-15H2,1-2H3. The second-order valence-electron chi connectivity index (χ2n) is 8.30. The Kier molecular flexibility index (Phi) is 6.18. The maximum absolute atomic E-state index is 13.5. The van der Waals surface area contributed by atoms with Crippen molar-refractivity contribution in [1.29, 1.82) is 0 Å². The van der Waals surface area contributed by atoms with Gasteiger partial charge >= 0.3 is 0 Å². The lowest BCUT2D eigenvalue weighted by Crippen LogP contribution is -2.54. The van der Waals surface area contributed by atoms with Gasteiger partial charge in [0.25, 0.3) is 0 Å². The molecular weight excluding hydrogens is 410 g/mol. The van der Waals surface area contributed by atoms with Gasteiger partial charge in [-0.1, -0.05) is 30.3 Å². The molecule has 1 atom stereocenters. The van der Waals surface area contributed by atoms with E-state index < -0.39 is 5.41 Å². The Morgan fingerprint density at radius 2 is 2.03 bits per heavy atom. The zero-order valence-corrected chi connectivity index (χ0v) is 18.7. The highest BCUT2D eigenvalue weighted by atomic mass is 32.1. The first kappa shape index (κ1) is 21.2. The summed E-state index contributed by atoms with van der Waals surface area (Å²) >= 11 is 1.70. The van der Waals surface area contributed by atoms with E-state index in [1.807, 2.05) is 23.1 Å². The molecule has 3 heterocycles. The molecule has 0 spiro atoms. The smallest absolute Gasteiger partial charge is 0.244 e. The summed E-state index contributed by atoms with van der Waals surface area (Å²) < 4.78 is 1.53. The van der Waals surface area contributed by atoms with Crippen molar-refractivity contribution in [2.75, 3.05) is 27.2 Å².